The van der Waals surface area contributed by atoms with Gasteiger partial charge in [0, 0.05) is 17.7 Å². The molecular weight excluding hydrogens is 293 g/mol. The molecule has 4 nitrogen and oxygen atoms in total. The molecule has 1 amide bonds. The molecule has 1 heterocycles. The Morgan fingerprint density at radius 1 is 1.33 bits per heavy atom. The Hall–Kier alpha value is -1.04. The number of halogens is 2. The number of hydrogen-bond donors (Lipinski definition) is 2. The van der Waals surface area contributed by atoms with Gasteiger partial charge >= 0.3 is 0 Å². The topological polar surface area (TPSA) is 54.9 Å². The molecule has 18 heavy (non-hydrogen) atoms. The molecule has 1 aromatic carbocycles. The maximum atomic E-state index is 11.8. The quantitative estimate of drug-likeness (QED) is 0.677. The zero-order valence-electron chi connectivity index (χ0n) is 9.15. The second-order valence-electron chi connectivity index (χ2n) is 3.49. The highest BCUT2D eigenvalue weighted by atomic mass is 35.5. The SMILES string of the molecule is O=C(NCCS)c1cc2ncnc(Cl)c2cc1Cl. The van der Waals surface area contributed by atoms with Crippen molar-refractivity contribution in [2.24, 2.45) is 0 Å². The molecule has 0 unspecified atom stereocenters. The number of nitrogens with one attached hydrogen (secondary N) is 1. The Labute approximate surface area is 119 Å². The van der Waals surface area contributed by atoms with Crippen LogP contribution in [0.25, 0.3) is 10.9 Å². The van der Waals surface area contributed by atoms with Crippen LogP contribution in [0.2, 0.25) is 10.2 Å². The summed E-state index contributed by atoms with van der Waals surface area (Å²) >= 11 is 16.0. The third kappa shape index (κ3) is 2.68. The van der Waals surface area contributed by atoms with Gasteiger partial charge in [0.1, 0.15) is 11.5 Å². The van der Waals surface area contributed by atoms with Crippen molar-refractivity contribution in [3.63, 3.8) is 0 Å². The monoisotopic (exact) mass is 301 g/mol. The number of hydrogen-bond acceptors (Lipinski definition) is 4. The smallest absolute Gasteiger partial charge is 0.252 e. The van der Waals surface area contributed by atoms with Crippen LogP contribution in [0, 0.1) is 0 Å². The Kier molecular flexibility index (Phi) is 4.27. The summed E-state index contributed by atoms with van der Waals surface area (Å²) in [7, 11) is 0. The lowest BCUT2D eigenvalue weighted by atomic mass is 10.1. The lowest BCUT2D eigenvalue weighted by Crippen LogP contribution is -2.25. The fourth-order valence-corrected chi connectivity index (χ4v) is 2.04. The molecule has 0 fully saturated rings. The first-order chi connectivity index (χ1) is 8.63. The van der Waals surface area contributed by atoms with Crippen LogP contribution < -0.4 is 5.32 Å². The highest BCUT2D eigenvalue weighted by Crippen LogP contribution is 2.26. The van der Waals surface area contributed by atoms with Crippen molar-refractivity contribution in [3.05, 3.63) is 34.2 Å². The van der Waals surface area contributed by atoms with Gasteiger partial charge in [0.2, 0.25) is 0 Å². The number of amides is 1. The Morgan fingerprint density at radius 2 is 2.11 bits per heavy atom. The normalized spacial score (nSPS) is 10.6. The van der Waals surface area contributed by atoms with Crippen molar-refractivity contribution in [1.82, 2.24) is 15.3 Å². The van der Waals surface area contributed by atoms with Crippen LogP contribution in [0.5, 0.6) is 0 Å². The van der Waals surface area contributed by atoms with Gasteiger partial charge in [-0.05, 0) is 12.1 Å². The van der Waals surface area contributed by atoms with Gasteiger partial charge < -0.3 is 5.32 Å². The molecular formula is C11H9Cl2N3OS. The molecule has 2 aromatic rings. The van der Waals surface area contributed by atoms with Crippen LogP contribution in [0.3, 0.4) is 0 Å². The largest absolute Gasteiger partial charge is 0.351 e. The number of carbonyl (C=O) groups is 1. The first-order valence-corrected chi connectivity index (χ1v) is 6.51. The van der Waals surface area contributed by atoms with Crippen LogP contribution in [-0.2, 0) is 0 Å². The van der Waals surface area contributed by atoms with Crippen LogP contribution in [0.1, 0.15) is 10.4 Å². The molecule has 0 aliphatic carbocycles. The lowest BCUT2D eigenvalue weighted by Gasteiger charge is -2.07. The molecule has 0 atom stereocenters. The van der Waals surface area contributed by atoms with E-state index in [0.717, 1.165) is 0 Å². The molecule has 1 aromatic heterocycles. The van der Waals surface area contributed by atoms with Gasteiger partial charge in [-0.15, -0.1) is 0 Å². The van der Waals surface area contributed by atoms with Crippen molar-refractivity contribution in [1.29, 1.82) is 0 Å². The van der Waals surface area contributed by atoms with Crippen molar-refractivity contribution < 1.29 is 4.79 Å². The van der Waals surface area contributed by atoms with Crippen molar-refractivity contribution in [2.45, 2.75) is 0 Å². The third-order valence-electron chi connectivity index (χ3n) is 2.32. The van der Waals surface area contributed by atoms with Crippen LogP contribution in [0.4, 0.5) is 0 Å². The van der Waals surface area contributed by atoms with Gasteiger partial charge in [0.05, 0.1) is 16.1 Å². The number of thiol groups is 1. The predicted octanol–water partition coefficient (Wildman–Crippen LogP) is 2.60. The minimum absolute atomic E-state index is 0.259. The zero-order valence-corrected chi connectivity index (χ0v) is 11.6. The second kappa shape index (κ2) is 5.73. The van der Waals surface area contributed by atoms with E-state index in [2.05, 4.69) is 27.9 Å². The molecule has 94 valence electrons. The molecule has 0 spiro atoms. The first kappa shape index (κ1) is 13.4. The molecule has 0 aliphatic rings. The fraction of sp³-hybridized carbons (Fsp3) is 0.182. The average Bonchev–Trinajstić information content (AvgIpc) is 2.36. The molecule has 1 N–H and O–H groups in total. The van der Waals surface area contributed by atoms with E-state index in [0.29, 0.717) is 38.9 Å². The summed E-state index contributed by atoms with van der Waals surface area (Å²) in [6.07, 6.45) is 1.34. The van der Waals surface area contributed by atoms with E-state index < -0.39 is 0 Å². The first-order valence-electron chi connectivity index (χ1n) is 5.12. The van der Waals surface area contributed by atoms with Gasteiger partial charge in [-0.2, -0.15) is 12.6 Å². The van der Waals surface area contributed by atoms with E-state index in [1.54, 1.807) is 12.1 Å². The molecule has 2 rings (SSSR count). The summed E-state index contributed by atoms with van der Waals surface area (Å²) in [4.78, 5) is 19.8. The lowest BCUT2D eigenvalue weighted by molar-refractivity contribution is 0.0956. The molecule has 0 aliphatic heterocycles. The fourth-order valence-electron chi connectivity index (χ4n) is 1.48. The van der Waals surface area contributed by atoms with Crippen LogP contribution in [-0.4, -0.2) is 28.2 Å². The van der Waals surface area contributed by atoms with Crippen LogP contribution >= 0.6 is 35.8 Å². The highest BCUT2D eigenvalue weighted by molar-refractivity contribution is 7.80. The number of rotatable bonds is 3. The predicted molar refractivity (Wildman–Crippen MR) is 75.7 cm³/mol. The highest BCUT2D eigenvalue weighted by Gasteiger charge is 2.13. The minimum atomic E-state index is -0.259. The van der Waals surface area contributed by atoms with Gasteiger partial charge in [0.15, 0.2) is 0 Å². The standard InChI is InChI=1S/C11H9Cl2N3OS/c12-8-3-7-9(15-5-16-10(7)13)4-6(8)11(17)14-1-2-18/h3-5,18H,1-2H2,(H,14,17). The van der Waals surface area contributed by atoms with Crippen molar-refractivity contribution >= 4 is 52.6 Å². The molecule has 0 saturated carbocycles. The van der Waals surface area contributed by atoms with Gasteiger partial charge in [0.25, 0.3) is 5.91 Å². The Balaban J connectivity index is 2.46. The number of benzene rings is 1. The summed E-state index contributed by atoms with van der Waals surface area (Å²) in [5.41, 5.74) is 0.941. The van der Waals surface area contributed by atoms with E-state index in [1.807, 2.05) is 0 Å². The van der Waals surface area contributed by atoms with E-state index in [-0.39, 0.29) is 5.91 Å². The number of aromatic nitrogens is 2. The van der Waals surface area contributed by atoms with E-state index >= 15 is 0 Å². The van der Waals surface area contributed by atoms with Crippen molar-refractivity contribution in [2.75, 3.05) is 12.3 Å². The third-order valence-corrected chi connectivity index (χ3v) is 3.16. The summed E-state index contributed by atoms with van der Waals surface area (Å²) < 4.78 is 0. The summed E-state index contributed by atoms with van der Waals surface area (Å²) in [6, 6.07) is 3.19. The summed E-state index contributed by atoms with van der Waals surface area (Å²) in [6.45, 7) is 0.473. The molecule has 0 saturated heterocycles. The number of carbonyl (C=O) groups excluding carboxylic acids is 1. The van der Waals surface area contributed by atoms with Crippen molar-refractivity contribution in [3.8, 4) is 0 Å². The van der Waals surface area contributed by atoms with Gasteiger partial charge in [-0.1, -0.05) is 23.2 Å². The second-order valence-corrected chi connectivity index (χ2v) is 4.71. The maximum absolute atomic E-state index is 11.8. The van der Waals surface area contributed by atoms with Crippen LogP contribution in [0.15, 0.2) is 18.5 Å². The molecule has 7 heteroatoms. The Morgan fingerprint density at radius 3 is 2.83 bits per heavy atom. The molecule has 0 bridgehead atoms. The van der Waals surface area contributed by atoms with E-state index in [4.69, 9.17) is 23.2 Å². The maximum Gasteiger partial charge on any atom is 0.252 e. The number of fused-ring (bicyclic) bond motifs is 1. The zero-order chi connectivity index (χ0) is 13.1. The Bertz CT molecular complexity index is 606. The average molecular weight is 302 g/mol. The minimum Gasteiger partial charge on any atom is -0.351 e. The molecule has 0 radical (unpaired) electrons. The number of nitrogens with zero attached hydrogens (tertiary/aromatic N) is 2. The van der Waals surface area contributed by atoms with Gasteiger partial charge in [-0.25, -0.2) is 9.97 Å². The van der Waals surface area contributed by atoms with Gasteiger partial charge in [-0.3, -0.25) is 4.79 Å². The van der Waals surface area contributed by atoms with E-state index in [1.165, 1.54) is 6.33 Å². The van der Waals surface area contributed by atoms with E-state index in [9.17, 15) is 4.79 Å². The summed E-state index contributed by atoms with van der Waals surface area (Å²) in [5.74, 6) is 0.302. The summed E-state index contributed by atoms with van der Waals surface area (Å²) in [5, 5.41) is 3.94.